The van der Waals surface area contributed by atoms with Crippen LogP contribution in [-0.4, -0.2) is 4.92 Å². The average Bonchev–Trinajstić information content (AvgIpc) is 2.01. The van der Waals surface area contributed by atoms with Crippen LogP contribution in [0.1, 0.15) is 11.1 Å². The molecule has 75 valence electrons. The summed E-state index contributed by atoms with van der Waals surface area (Å²) in [5.74, 6) is 0. The first-order valence-electron chi connectivity index (χ1n) is 3.57. The van der Waals surface area contributed by atoms with Crippen LogP contribution in [0.15, 0.2) is 12.1 Å². The molecule has 0 aromatic heterocycles. The Morgan fingerprint density at radius 3 is 2.43 bits per heavy atom. The number of nitro benzene ring substituents is 1. The molecule has 0 unspecified atom stereocenters. The van der Waals surface area contributed by atoms with Crippen LogP contribution in [0.3, 0.4) is 0 Å². The minimum atomic E-state index is -4.72. The molecule has 0 bridgehead atoms. The van der Waals surface area contributed by atoms with Gasteiger partial charge in [-0.15, -0.1) is 0 Å². The molecule has 0 aliphatic carbocycles. The van der Waals surface area contributed by atoms with Crippen LogP contribution in [0.4, 0.5) is 18.9 Å². The van der Waals surface area contributed by atoms with Crippen LogP contribution in [0, 0.1) is 23.1 Å². The second-order valence-electron chi connectivity index (χ2n) is 2.62. The van der Waals surface area contributed by atoms with E-state index in [1.807, 2.05) is 0 Å². The molecule has 6 heteroatoms. The van der Waals surface area contributed by atoms with Crippen molar-refractivity contribution in [1.82, 2.24) is 0 Å². The quantitative estimate of drug-likeness (QED) is 0.521. The summed E-state index contributed by atoms with van der Waals surface area (Å²) in [5, 5.41) is 10.3. The van der Waals surface area contributed by atoms with E-state index in [1.165, 1.54) is 0 Å². The summed E-state index contributed by atoms with van der Waals surface area (Å²) in [6.45, 7) is 1.13. The van der Waals surface area contributed by atoms with Crippen molar-refractivity contribution >= 4 is 5.69 Å². The number of benzene rings is 1. The number of alkyl halides is 3. The van der Waals surface area contributed by atoms with Gasteiger partial charge in [0.15, 0.2) is 0 Å². The molecule has 1 aromatic rings. The molecule has 1 radical (unpaired) electrons. The summed E-state index contributed by atoms with van der Waals surface area (Å²) in [6.07, 6.45) is -4.72. The van der Waals surface area contributed by atoms with Crippen LogP contribution in [-0.2, 0) is 6.18 Å². The average molecular weight is 204 g/mol. The molecular formula is C8H5F3NO2. The predicted octanol–water partition coefficient (Wildman–Crippen LogP) is 2.72. The SMILES string of the molecule is Cc1[c]ccc([N+](=O)[O-])c1C(F)(F)F. The normalized spacial score (nSPS) is 11.4. The fraction of sp³-hybridized carbons (Fsp3) is 0.250. The minimum Gasteiger partial charge on any atom is -0.258 e. The zero-order chi connectivity index (χ0) is 10.9. The van der Waals surface area contributed by atoms with Crippen molar-refractivity contribution in [2.75, 3.05) is 0 Å². The first-order chi connectivity index (χ1) is 6.34. The van der Waals surface area contributed by atoms with Gasteiger partial charge in [-0.1, -0.05) is 0 Å². The summed E-state index contributed by atoms with van der Waals surface area (Å²) in [7, 11) is 0. The van der Waals surface area contributed by atoms with Gasteiger partial charge in [0.05, 0.1) is 4.92 Å². The third-order valence-corrected chi connectivity index (χ3v) is 1.65. The Kier molecular flexibility index (Phi) is 2.46. The molecule has 1 aromatic carbocycles. The van der Waals surface area contributed by atoms with Crippen LogP contribution >= 0.6 is 0 Å². The Balaban J connectivity index is 3.45. The van der Waals surface area contributed by atoms with Gasteiger partial charge in [0, 0.05) is 6.07 Å². The lowest BCUT2D eigenvalue weighted by Gasteiger charge is -2.09. The molecule has 0 spiro atoms. The van der Waals surface area contributed by atoms with E-state index >= 15 is 0 Å². The van der Waals surface area contributed by atoms with Gasteiger partial charge in [-0.05, 0) is 24.6 Å². The van der Waals surface area contributed by atoms with E-state index in [0.29, 0.717) is 0 Å². The zero-order valence-corrected chi connectivity index (χ0v) is 7.05. The molecule has 0 N–H and O–H groups in total. The standard InChI is InChI=1S/C8H5F3NO2/c1-5-3-2-4-6(12(13)14)7(5)8(9,10)11/h2,4H,1H3. The van der Waals surface area contributed by atoms with Crippen molar-refractivity contribution in [3.05, 3.63) is 39.4 Å². The number of nitro groups is 1. The Morgan fingerprint density at radius 2 is 2.07 bits per heavy atom. The van der Waals surface area contributed by atoms with Gasteiger partial charge >= 0.3 is 6.18 Å². The van der Waals surface area contributed by atoms with Gasteiger partial charge < -0.3 is 0 Å². The van der Waals surface area contributed by atoms with E-state index in [-0.39, 0.29) is 5.56 Å². The van der Waals surface area contributed by atoms with Gasteiger partial charge in [0.25, 0.3) is 5.69 Å². The molecule has 1 rings (SSSR count). The second-order valence-corrected chi connectivity index (χ2v) is 2.62. The Labute approximate surface area is 77.3 Å². The van der Waals surface area contributed by atoms with Crippen LogP contribution in [0.25, 0.3) is 0 Å². The molecule has 0 aliphatic rings. The number of halogens is 3. The van der Waals surface area contributed by atoms with Crippen LogP contribution in [0.2, 0.25) is 0 Å². The second kappa shape index (κ2) is 3.28. The Morgan fingerprint density at radius 1 is 1.50 bits per heavy atom. The maximum Gasteiger partial charge on any atom is 0.423 e. The van der Waals surface area contributed by atoms with Crippen LogP contribution in [0.5, 0.6) is 0 Å². The Hall–Kier alpha value is -1.59. The molecule has 0 atom stereocenters. The van der Waals surface area contributed by atoms with Gasteiger partial charge in [0.2, 0.25) is 0 Å². The minimum absolute atomic E-state index is 0.272. The van der Waals surface area contributed by atoms with E-state index in [1.54, 1.807) is 0 Å². The van der Waals surface area contributed by atoms with E-state index in [4.69, 9.17) is 0 Å². The molecule has 0 fully saturated rings. The molecule has 0 saturated heterocycles. The highest BCUT2D eigenvalue weighted by Gasteiger charge is 2.39. The third kappa shape index (κ3) is 1.84. The van der Waals surface area contributed by atoms with E-state index < -0.39 is 22.4 Å². The first kappa shape index (κ1) is 10.5. The van der Waals surface area contributed by atoms with Crippen molar-refractivity contribution in [2.24, 2.45) is 0 Å². The lowest BCUT2D eigenvalue weighted by molar-refractivity contribution is -0.388. The zero-order valence-electron chi connectivity index (χ0n) is 7.05. The van der Waals surface area contributed by atoms with Crippen molar-refractivity contribution in [1.29, 1.82) is 0 Å². The number of aryl methyl sites for hydroxylation is 1. The fourth-order valence-corrected chi connectivity index (χ4v) is 1.10. The van der Waals surface area contributed by atoms with E-state index in [9.17, 15) is 23.3 Å². The van der Waals surface area contributed by atoms with E-state index in [0.717, 1.165) is 19.1 Å². The predicted molar refractivity (Wildman–Crippen MR) is 41.7 cm³/mol. The highest BCUT2D eigenvalue weighted by Crippen LogP contribution is 2.37. The summed E-state index contributed by atoms with van der Waals surface area (Å²) < 4.78 is 37.0. The highest BCUT2D eigenvalue weighted by molar-refractivity contribution is 5.46. The molecular weight excluding hydrogens is 199 g/mol. The number of hydrogen-bond acceptors (Lipinski definition) is 2. The molecule has 0 amide bonds. The maximum absolute atomic E-state index is 12.3. The molecule has 14 heavy (non-hydrogen) atoms. The fourth-order valence-electron chi connectivity index (χ4n) is 1.10. The largest absolute Gasteiger partial charge is 0.423 e. The summed E-state index contributed by atoms with van der Waals surface area (Å²) >= 11 is 0. The van der Waals surface area contributed by atoms with Gasteiger partial charge in [-0.2, -0.15) is 13.2 Å². The van der Waals surface area contributed by atoms with Crippen molar-refractivity contribution in [3.8, 4) is 0 Å². The van der Waals surface area contributed by atoms with Gasteiger partial charge in [-0.3, -0.25) is 10.1 Å². The third-order valence-electron chi connectivity index (χ3n) is 1.65. The van der Waals surface area contributed by atoms with Gasteiger partial charge in [0.1, 0.15) is 5.56 Å². The number of nitrogens with zero attached hydrogens (tertiary/aromatic N) is 1. The van der Waals surface area contributed by atoms with E-state index in [2.05, 4.69) is 6.07 Å². The summed E-state index contributed by atoms with van der Waals surface area (Å²) in [4.78, 5) is 9.26. The van der Waals surface area contributed by atoms with Crippen molar-refractivity contribution in [2.45, 2.75) is 13.1 Å². The summed E-state index contributed by atoms with van der Waals surface area (Å²) in [6, 6.07) is 4.16. The van der Waals surface area contributed by atoms with Crippen LogP contribution < -0.4 is 0 Å². The summed E-state index contributed by atoms with van der Waals surface area (Å²) in [5.41, 5.74) is -2.44. The monoisotopic (exact) mass is 204 g/mol. The molecule has 0 heterocycles. The smallest absolute Gasteiger partial charge is 0.258 e. The maximum atomic E-state index is 12.3. The topological polar surface area (TPSA) is 43.1 Å². The molecule has 0 aliphatic heterocycles. The van der Waals surface area contributed by atoms with Gasteiger partial charge in [-0.25, -0.2) is 0 Å². The number of rotatable bonds is 1. The molecule has 0 saturated carbocycles. The highest BCUT2D eigenvalue weighted by atomic mass is 19.4. The van der Waals surface area contributed by atoms with Crippen molar-refractivity contribution < 1.29 is 18.1 Å². The lowest BCUT2D eigenvalue weighted by Crippen LogP contribution is -2.11. The number of hydrogen-bond donors (Lipinski definition) is 0. The lowest BCUT2D eigenvalue weighted by atomic mass is 10.1. The first-order valence-corrected chi connectivity index (χ1v) is 3.57. The van der Waals surface area contributed by atoms with Crippen molar-refractivity contribution in [3.63, 3.8) is 0 Å². The molecule has 3 nitrogen and oxygen atoms in total. The Bertz CT molecular complexity index is 373.